The number of nitrogens with one attached hydrogen (secondary N) is 1. The number of rotatable bonds is 6. The van der Waals surface area contributed by atoms with Crippen LogP contribution >= 0.6 is 0 Å². The van der Waals surface area contributed by atoms with Crippen LogP contribution in [0.15, 0.2) is 41.3 Å². The highest BCUT2D eigenvalue weighted by Crippen LogP contribution is 2.25. The molecule has 0 aliphatic rings. The predicted octanol–water partition coefficient (Wildman–Crippen LogP) is 2.96. The highest BCUT2D eigenvalue weighted by molar-refractivity contribution is 7.92. The molecule has 0 radical (unpaired) electrons. The summed E-state index contributed by atoms with van der Waals surface area (Å²) in [5.41, 5.74) is 3.37. The van der Waals surface area contributed by atoms with Gasteiger partial charge < -0.3 is 9.47 Å². The van der Waals surface area contributed by atoms with E-state index >= 15 is 0 Å². The molecule has 0 bridgehead atoms. The lowest BCUT2D eigenvalue weighted by molar-refractivity contribution is -0.142. The highest BCUT2D eigenvalue weighted by Gasteiger charge is 2.17. The smallest absolute Gasteiger partial charge is 0.343 e. The van der Waals surface area contributed by atoms with Crippen LogP contribution in [0.4, 0.5) is 5.69 Å². The molecular formula is C18H21NO5S. The van der Waals surface area contributed by atoms with Crippen molar-refractivity contribution in [1.29, 1.82) is 0 Å². The van der Waals surface area contributed by atoms with E-state index in [0.29, 0.717) is 11.4 Å². The molecule has 134 valence electrons. The SMILES string of the molecule is COC(=O)COc1ccc(S(=O)(=O)Nc2c(C)cc(C)cc2C)cc1. The zero-order valence-corrected chi connectivity index (χ0v) is 15.4. The number of hydrogen-bond donors (Lipinski definition) is 1. The van der Waals surface area contributed by atoms with E-state index in [-0.39, 0.29) is 11.5 Å². The van der Waals surface area contributed by atoms with Crippen molar-refractivity contribution in [2.45, 2.75) is 25.7 Å². The number of carbonyl (C=O) groups is 1. The second-order valence-electron chi connectivity index (χ2n) is 5.72. The Labute approximate surface area is 147 Å². The van der Waals surface area contributed by atoms with E-state index in [0.717, 1.165) is 16.7 Å². The first-order valence-corrected chi connectivity index (χ1v) is 9.11. The number of benzene rings is 2. The third-order valence-electron chi connectivity index (χ3n) is 3.63. The normalized spacial score (nSPS) is 11.0. The Kier molecular flexibility index (Phi) is 5.69. The van der Waals surface area contributed by atoms with Crippen LogP contribution in [0.25, 0.3) is 0 Å². The van der Waals surface area contributed by atoms with E-state index < -0.39 is 16.0 Å². The Morgan fingerprint density at radius 2 is 1.60 bits per heavy atom. The van der Waals surface area contributed by atoms with Crippen LogP contribution in [0, 0.1) is 20.8 Å². The van der Waals surface area contributed by atoms with Gasteiger partial charge in [0.2, 0.25) is 0 Å². The maximum atomic E-state index is 12.6. The number of carbonyl (C=O) groups excluding carboxylic acids is 1. The van der Waals surface area contributed by atoms with Gasteiger partial charge in [-0.2, -0.15) is 0 Å². The minimum atomic E-state index is -3.72. The van der Waals surface area contributed by atoms with Crippen molar-refractivity contribution in [2.24, 2.45) is 0 Å². The number of ether oxygens (including phenoxy) is 2. The van der Waals surface area contributed by atoms with Crippen molar-refractivity contribution in [3.05, 3.63) is 53.1 Å². The average Bonchev–Trinajstić information content (AvgIpc) is 2.56. The molecule has 0 saturated carbocycles. The maximum Gasteiger partial charge on any atom is 0.343 e. The van der Waals surface area contributed by atoms with E-state index in [9.17, 15) is 13.2 Å². The molecule has 0 spiro atoms. The van der Waals surface area contributed by atoms with Gasteiger partial charge in [-0.1, -0.05) is 17.7 Å². The third kappa shape index (κ3) is 4.73. The summed E-state index contributed by atoms with van der Waals surface area (Å²) >= 11 is 0. The van der Waals surface area contributed by atoms with E-state index in [4.69, 9.17) is 4.74 Å². The molecule has 6 nitrogen and oxygen atoms in total. The van der Waals surface area contributed by atoms with Gasteiger partial charge in [0.05, 0.1) is 17.7 Å². The Morgan fingerprint density at radius 3 is 2.12 bits per heavy atom. The lowest BCUT2D eigenvalue weighted by atomic mass is 10.1. The Morgan fingerprint density at radius 1 is 1.04 bits per heavy atom. The summed E-state index contributed by atoms with van der Waals surface area (Å²) in [5, 5.41) is 0. The lowest BCUT2D eigenvalue weighted by Crippen LogP contribution is -2.15. The van der Waals surface area contributed by atoms with Gasteiger partial charge in [-0.15, -0.1) is 0 Å². The van der Waals surface area contributed by atoms with Gasteiger partial charge in [-0.25, -0.2) is 13.2 Å². The molecule has 2 aromatic rings. The number of anilines is 1. The average molecular weight is 363 g/mol. The number of hydrogen-bond acceptors (Lipinski definition) is 5. The standard InChI is InChI=1S/C18H21NO5S/c1-12-9-13(2)18(14(3)10-12)19-25(21,22)16-7-5-15(6-8-16)24-11-17(20)23-4/h5-10,19H,11H2,1-4H3. The van der Waals surface area contributed by atoms with Crippen LogP contribution in [0.5, 0.6) is 5.75 Å². The quantitative estimate of drug-likeness (QED) is 0.798. The topological polar surface area (TPSA) is 81.7 Å². The van der Waals surface area contributed by atoms with Crippen LogP contribution < -0.4 is 9.46 Å². The second-order valence-corrected chi connectivity index (χ2v) is 7.40. The molecule has 0 heterocycles. The molecule has 0 fully saturated rings. The largest absolute Gasteiger partial charge is 0.482 e. The number of sulfonamides is 1. The van der Waals surface area contributed by atoms with Gasteiger partial charge in [-0.05, 0) is 56.2 Å². The summed E-state index contributed by atoms with van der Waals surface area (Å²) in [5.74, 6) is -0.129. The molecule has 2 aromatic carbocycles. The Hall–Kier alpha value is -2.54. The molecule has 0 aliphatic heterocycles. The molecule has 0 saturated heterocycles. The van der Waals surface area contributed by atoms with E-state index in [1.807, 2.05) is 32.9 Å². The first kappa shape index (κ1) is 18.8. The summed E-state index contributed by atoms with van der Waals surface area (Å²) in [4.78, 5) is 11.2. The van der Waals surface area contributed by atoms with Crippen LogP contribution in [0.2, 0.25) is 0 Å². The van der Waals surface area contributed by atoms with Crippen molar-refractivity contribution in [3.63, 3.8) is 0 Å². The number of aryl methyl sites for hydroxylation is 3. The lowest BCUT2D eigenvalue weighted by Gasteiger charge is -2.14. The number of esters is 1. The first-order valence-electron chi connectivity index (χ1n) is 7.63. The van der Waals surface area contributed by atoms with Gasteiger partial charge in [-0.3, -0.25) is 4.72 Å². The fourth-order valence-corrected chi connectivity index (χ4v) is 3.65. The fourth-order valence-electron chi connectivity index (χ4n) is 2.45. The summed E-state index contributed by atoms with van der Waals surface area (Å²) in [6.07, 6.45) is 0. The molecule has 0 unspecified atom stereocenters. The van der Waals surface area contributed by atoms with Gasteiger partial charge in [0.1, 0.15) is 5.75 Å². The fraction of sp³-hybridized carbons (Fsp3) is 0.278. The maximum absolute atomic E-state index is 12.6. The van der Waals surface area contributed by atoms with Crippen LogP contribution in [-0.2, 0) is 19.6 Å². The van der Waals surface area contributed by atoms with Crippen molar-refractivity contribution in [1.82, 2.24) is 0 Å². The molecule has 0 aromatic heterocycles. The summed E-state index contributed by atoms with van der Waals surface area (Å²) in [6, 6.07) is 9.68. The van der Waals surface area contributed by atoms with Crippen LogP contribution in [-0.4, -0.2) is 28.1 Å². The molecular weight excluding hydrogens is 342 g/mol. The van der Waals surface area contributed by atoms with E-state index in [2.05, 4.69) is 9.46 Å². The van der Waals surface area contributed by atoms with Gasteiger partial charge in [0, 0.05) is 0 Å². The summed E-state index contributed by atoms with van der Waals surface area (Å²) in [7, 11) is -2.46. The summed E-state index contributed by atoms with van der Waals surface area (Å²) < 4.78 is 37.5. The zero-order chi connectivity index (χ0) is 18.6. The second kappa shape index (κ2) is 7.57. The third-order valence-corrected chi connectivity index (χ3v) is 5.00. The molecule has 25 heavy (non-hydrogen) atoms. The Bertz CT molecular complexity index is 850. The molecule has 2 rings (SSSR count). The molecule has 1 N–H and O–H groups in total. The van der Waals surface area contributed by atoms with Gasteiger partial charge in [0.15, 0.2) is 6.61 Å². The highest BCUT2D eigenvalue weighted by atomic mass is 32.2. The zero-order valence-electron chi connectivity index (χ0n) is 14.6. The minimum Gasteiger partial charge on any atom is -0.482 e. The molecule has 0 aliphatic carbocycles. The van der Waals surface area contributed by atoms with Crippen molar-refractivity contribution in [2.75, 3.05) is 18.4 Å². The minimum absolute atomic E-state index is 0.109. The predicted molar refractivity (Wildman–Crippen MR) is 95.4 cm³/mol. The molecule has 0 amide bonds. The van der Waals surface area contributed by atoms with Crippen molar-refractivity contribution < 1.29 is 22.7 Å². The van der Waals surface area contributed by atoms with Crippen molar-refractivity contribution in [3.8, 4) is 5.75 Å². The monoisotopic (exact) mass is 363 g/mol. The van der Waals surface area contributed by atoms with Crippen molar-refractivity contribution >= 4 is 21.7 Å². The summed E-state index contributed by atoms with van der Waals surface area (Å²) in [6.45, 7) is 5.46. The number of methoxy groups -OCH3 is 1. The van der Waals surface area contributed by atoms with Gasteiger partial charge in [0.25, 0.3) is 10.0 Å². The Balaban J connectivity index is 2.19. The van der Waals surface area contributed by atoms with E-state index in [1.165, 1.54) is 31.4 Å². The molecule has 7 heteroatoms. The van der Waals surface area contributed by atoms with Crippen LogP contribution in [0.1, 0.15) is 16.7 Å². The van der Waals surface area contributed by atoms with E-state index in [1.54, 1.807) is 0 Å². The first-order chi connectivity index (χ1) is 11.7. The molecule has 0 atom stereocenters. The van der Waals surface area contributed by atoms with Gasteiger partial charge >= 0.3 is 5.97 Å². The van der Waals surface area contributed by atoms with Crippen LogP contribution in [0.3, 0.4) is 0 Å².